The van der Waals surface area contributed by atoms with Crippen molar-refractivity contribution in [2.75, 3.05) is 19.6 Å². The number of piperidine rings is 1. The first kappa shape index (κ1) is 17.2. The van der Waals surface area contributed by atoms with Crippen LogP contribution in [0, 0.1) is 0 Å². The zero-order valence-electron chi connectivity index (χ0n) is 14.7. The van der Waals surface area contributed by atoms with E-state index in [2.05, 4.69) is 9.88 Å². The first-order valence-corrected chi connectivity index (χ1v) is 10.1. The molecule has 26 heavy (non-hydrogen) atoms. The summed E-state index contributed by atoms with van der Waals surface area (Å²) in [4.78, 5) is 30.6. The topological polar surface area (TPSA) is 58.1 Å². The van der Waals surface area contributed by atoms with Gasteiger partial charge in [-0.25, -0.2) is 4.79 Å². The zero-order valence-corrected chi connectivity index (χ0v) is 15.5. The summed E-state index contributed by atoms with van der Waals surface area (Å²) in [6, 6.07) is 12.0. The third-order valence-corrected chi connectivity index (χ3v) is 6.13. The molecule has 2 aromatic heterocycles. The van der Waals surface area contributed by atoms with E-state index in [1.807, 2.05) is 46.3 Å². The van der Waals surface area contributed by atoms with Crippen LogP contribution in [-0.4, -0.2) is 39.9 Å². The number of rotatable bonds is 6. The number of Topliss-reactive ketones (excluding diaryl/α,β-unsaturated/α-hetero) is 1. The van der Waals surface area contributed by atoms with Crippen LogP contribution in [0.5, 0.6) is 0 Å². The fourth-order valence-electron chi connectivity index (χ4n) is 3.86. The maximum atomic E-state index is 12.3. The Balaban J connectivity index is 1.31. The van der Waals surface area contributed by atoms with Crippen molar-refractivity contribution in [3.8, 4) is 0 Å². The number of nitrogens with zero attached hydrogens (tertiary/aromatic N) is 2. The Labute approximate surface area is 156 Å². The quantitative estimate of drug-likeness (QED) is 0.674. The Kier molecular flexibility index (Phi) is 5.04. The van der Waals surface area contributed by atoms with Gasteiger partial charge in [-0.2, -0.15) is 0 Å². The van der Waals surface area contributed by atoms with Gasteiger partial charge in [0.2, 0.25) is 0 Å². The number of para-hydroxylation sites is 2. The second kappa shape index (κ2) is 7.60. The summed E-state index contributed by atoms with van der Waals surface area (Å²) in [5.74, 6) is 0.250. The van der Waals surface area contributed by atoms with Crippen molar-refractivity contribution in [3.05, 3.63) is 57.1 Å². The average Bonchev–Trinajstić information content (AvgIpc) is 3.29. The highest BCUT2D eigenvalue weighted by molar-refractivity contribution is 7.12. The second-order valence-electron chi connectivity index (χ2n) is 6.89. The number of thiophene rings is 1. The number of aromatic amines is 1. The van der Waals surface area contributed by atoms with E-state index in [1.165, 1.54) is 11.3 Å². The molecule has 1 aromatic carbocycles. The number of H-pyrrole nitrogens is 1. The molecular formula is C20H23N3O2S. The minimum Gasteiger partial charge on any atom is -0.306 e. The molecule has 0 amide bonds. The third kappa shape index (κ3) is 3.52. The predicted octanol–water partition coefficient (Wildman–Crippen LogP) is 3.69. The summed E-state index contributed by atoms with van der Waals surface area (Å²) < 4.78 is 1.92. The maximum Gasteiger partial charge on any atom is 0.326 e. The predicted molar refractivity (Wildman–Crippen MR) is 105 cm³/mol. The molecule has 1 N–H and O–H groups in total. The lowest BCUT2D eigenvalue weighted by atomic mass is 10.0. The van der Waals surface area contributed by atoms with Gasteiger partial charge in [0.05, 0.1) is 15.9 Å². The molecule has 0 aliphatic carbocycles. The molecule has 1 aliphatic heterocycles. The molecule has 136 valence electrons. The van der Waals surface area contributed by atoms with Crippen LogP contribution in [0.1, 0.15) is 41.4 Å². The highest BCUT2D eigenvalue weighted by Gasteiger charge is 2.23. The number of likely N-dealkylation sites (tertiary alicyclic amines) is 1. The Morgan fingerprint density at radius 2 is 1.96 bits per heavy atom. The molecule has 0 unspecified atom stereocenters. The summed E-state index contributed by atoms with van der Waals surface area (Å²) >= 11 is 1.52. The molecule has 0 spiro atoms. The Hall–Kier alpha value is -2.18. The minimum atomic E-state index is -0.00815. The molecule has 5 nitrogen and oxygen atoms in total. The molecule has 4 rings (SSSR count). The van der Waals surface area contributed by atoms with Gasteiger partial charge in [-0.3, -0.25) is 9.36 Å². The fraction of sp³-hybridized carbons (Fsp3) is 0.400. The van der Waals surface area contributed by atoms with E-state index in [1.54, 1.807) is 0 Å². The smallest absolute Gasteiger partial charge is 0.306 e. The summed E-state index contributed by atoms with van der Waals surface area (Å²) in [7, 11) is 0. The van der Waals surface area contributed by atoms with Gasteiger partial charge in [-0.1, -0.05) is 18.2 Å². The number of carbonyl (C=O) groups excluding carboxylic acids is 1. The number of fused-ring (bicyclic) bond motifs is 1. The SMILES string of the molecule is O=C(CCCN1CCC(n2c(=O)[nH]c3ccccc32)CC1)c1cccs1. The van der Waals surface area contributed by atoms with Crippen LogP contribution in [0.4, 0.5) is 0 Å². The molecule has 3 heterocycles. The molecular weight excluding hydrogens is 346 g/mol. The van der Waals surface area contributed by atoms with Gasteiger partial charge < -0.3 is 9.88 Å². The van der Waals surface area contributed by atoms with Gasteiger partial charge >= 0.3 is 5.69 Å². The molecule has 1 aliphatic rings. The van der Waals surface area contributed by atoms with Gasteiger partial charge in [0.15, 0.2) is 5.78 Å². The number of benzene rings is 1. The number of aromatic nitrogens is 2. The van der Waals surface area contributed by atoms with Crippen molar-refractivity contribution in [3.63, 3.8) is 0 Å². The van der Waals surface area contributed by atoms with Crippen LogP contribution in [0.15, 0.2) is 46.6 Å². The van der Waals surface area contributed by atoms with Crippen molar-refractivity contribution in [1.29, 1.82) is 0 Å². The number of imidazole rings is 1. The molecule has 1 fully saturated rings. The number of hydrogen-bond acceptors (Lipinski definition) is 4. The van der Waals surface area contributed by atoms with E-state index < -0.39 is 0 Å². The van der Waals surface area contributed by atoms with Crippen molar-refractivity contribution >= 4 is 28.2 Å². The monoisotopic (exact) mass is 369 g/mol. The van der Waals surface area contributed by atoms with Crippen molar-refractivity contribution in [2.24, 2.45) is 0 Å². The number of hydrogen-bond donors (Lipinski definition) is 1. The van der Waals surface area contributed by atoms with Crippen LogP contribution < -0.4 is 5.69 Å². The lowest BCUT2D eigenvalue weighted by molar-refractivity contribution is 0.0974. The molecule has 0 saturated carbocycles. The van der Waals surface area contributed by atoms with Crippen LogP contribution in [0.3, 0.4) is 0 Å². The van der Waals surface area contributed by atoms with E-state index in [-0.39, 0.29) is 17.5 Å². The van der Waals surface area contributed by atoms with E-state index >= 15 is 0 Å². The number of carbonyl (C=O) groups is 1. The molecule has 1 saturated heterocycles. The van der Waals surface area contributed by atoms with Gasteiger partial charge in [0.25, 0.3) is 0 Å². The number of nitrogens with one attached hydrogen (secondary N) is 1. The Bertz CT molecular complexity index is 934. The Morgan fingerprint density at radius 3 is 2.73 bits per heavy atom. The highest BCUT2D eigenvalue weighted by atomic mass is 32.1. The van der Waals surface area contributed by atoms with Gasteiger partial charge in [0, 0.05) is 25.6 Å². The summed E-state index contributed by atoms with van der Waals surface area (Å²) in [6.45, 7) is 2.90. The van der Waals surface area contributed by atoms with Crippen molar-refractivity contribution in [2.45, 2.75) is 31.7 Å². The molecule has 0 atom stereocenters. The van der Waals surface area contributed by atoms with Gasteiger partial charge in [-0.15, -0.1) is 11.3 Å². The van der Waals surface area contributed by atoms with Crippen LogP contribution in [0.2, 0.25) is 0 Å². The van der Waals surface area contributed by atoms with Crippen LogP contribution in [0.25, 0.3) is 11.0 Å². The van der Waals surface area contributed by atoms with Crippen LogP contribution >= 0.6 is 11.3 Å². The van der Waals surface area contributed by atoms with E-state index in [0.29, 0.717) is 6.42 Å². The van der Waals surface area contributed by atoms with Gasteiger partial charge in [0.1, 0.15) is 0 Å². The average molecular weight is 369 g/mol. The molecule has 0 bridgehead atoms. The normalized spacial score (nSPS) is 16.3. The van der Waals surface area contributed by atoms with Crippen LogP contribution in [-0.2, 0) is 0 Å². The standard InChI is InChI=1S/C20H23N3O2S/c24-18(19-8-4-14-26-19)7-3-11-22-12-9-15(10-13-22)23-17-6-2-1-5-16(17)21-20(23)25/h1-2,4-6,8,14-15H,3,7,9-13H2,(H,21,25). The minimum absolute atomic E-state index is 0.00815. The summed E-state index contributed by atoms with van der Waals surface area (Å²) in [6.07, 6.45) is 3.46. The highest BCUT2D eigenvalue weighted by Crippen LogP contribution is 2.25. The first-order valence-electron chi connectivity index (χ1n) is 9.20. The molecule has 0 radical (unpaired) electrons. The van der Waals surface area contributed by atoms with Crippen molar-refractivity contribution in [1.82, 2.24) is 14.5 Å². The fourth-order valence-corrected chi connectivity index (χ4v) is 4.56. The van der Waals surface area contributed by atoms with Crippen molar-refractivity contribution < 1.29 is 4.79 Å². The lowest BCUT2D eigenvalue weighted by Crippen LogP contribution is -2.37. The lowest BCUT2D eigenvalue weighted by Gasteiger charge is -2.32. The van der Waals surface area contributed by atoms with E-state index in [9.17, 15) is 9.59 Å². The second-order valence-corrected chi connectivity index (χ2v) is 7.84. The summed E-state index contributed by atoms with van der Waals surface area (Å²) in [5, 5.41) is 1.95. The van der Waals surface area contributed by atoms with E-state index in [4.69, 9.17) is 0 Å². The molecule has 6 heteroatoms. The largest absolute Gasteiger partial charge is 0.326 e. The van der Waals surface area contributed by atoms with Gasteiger partial charge in [-0.05, 0) is 49.4 Å². The number of ketones is 1. The molecule has 3 aromatic rings. The third-order valence-electron chi connectivity index (χ3n) is 5.22. The Morgan fingerprint density at radius 1 is 1.15 bits per heavy atom. The zero-order chi connectivity index (χ0) is 17.9. The summed E-state index contributed by atoms with van der Waals surface area (Å²) in [5.41, 5.74) is 1.90. The first-order chi connectivity index (χ1) is 12.7. The van der Waals surface area contributed by atoms with E-state index in [0.717, 1.165) is 54.8 Å². The maximum absolute atomic E-state index is 12.3.